The summed E-state index contributed by atoms with van der Waals surface area (Å²) in [5.74, 6) is 1.33. The van der Waals surface area contributed by atoms with Crippen LogP contribution in [0.15, 0.2) is 23.6 Å². The molecule has 1 aliphatic heterocycles. The molecular formula is C25H37N3O4S. The fraction of sp³-hybridized carbons (Fsp3) is 0.560. The van der Waals surface area contributed by atoms with Gasteiger partial charge in [0.05, 0.1) is 44.3 Å². The van der Waals surface area contributed by atoms with E-state index >= 15 is 0 Å². The number of thiophene rings is 1. The van der Waals surface area contributed by atoms with Crippen LogP contribution >= 0.6 is 11.3 Å². The van der Waals surface area contributed by atoms with Crippen LogP contribution in [0.2, 0.25) is 0 Å². The predicted octanol–water partition coefficient (Wildman–Crippen LogP) is 4.54. The number of carbonyl (C=O) groups is 1. The summed E-state index contributed by atoms with van der Waals surface area (Å²) in [4.78, 5) is 18.8. The van der Waals surface area contributed by atoms with Crippen molar-refractivity contribution in [1.29, 1.82) is 0 Å². The molecule has 2 heterocycles. The van der Waals surface area contributed by atoms with Crippen LogP contribution in [0, 0.1) is 6.92 Å². The average molecular weight is 476 g/mol. The molecule has 1 amide bonds. The molecule has 0 saturated carbocycles. The third-order valence-corrected chi connectivity index (χ3v) is 6.69. The van der Waals surface area contributed by atoms with Crippen LogP contribution in [0.25, 0.3) is 0 Å². The lowest BCUT2D eigenvalue weighted by Crippen LogP contribution is -2.37. The number of ether oxygens (including phenoxy) is 3. The van der Waals surface area contributed by atoms with Crippen molar-refractivity contribution in [3.8, 4) is 11.5 Å². The SMILES string of the molecule is CCOc1cc(N2CCOCC2)c(OCC)cc1NC(=O)CN(Cc1sccc1C)C(C)C. The van der Waals surface area contributed by atoms with Gasteiger partial charge < -0.3 is 24.4 Å². The van der Waals surface area contributed by atoms with Gasteiger partial charge in [-0.05, 0) is 51.6 Å². The van der Waals surface area contributed by atoms with Crippen molar-refractivity contribution in [3.63, 3.8) is 0 Å². The van der Waals surface area contributed by atoms with Crippen LogP contribution in [0.5, 0.6) is 11.5 Å². The number of hydrogen-bond donors (Lipinski definition) is 1. The van der Waals surface area contributed by atoms with E-state index in [-0.39, 0.29) is 11.9 Å². The van der Waals surface area contributed by atoms with E-state index in [1.807, 2.05) is 26.0 Å². The maximum Gasteiger partial charge on any atom is 0.238 e. The molecule has 0 atom stereocenters. The van der Waals surface area contributed by atoms with Crippen LogP contribution in [-0.2, 0) is 16.1 Å². The maximum absolute atomic E-state index is 13.1. The summed E-state index contributed by atoms with van der Waals surface area (Å²) in [5, 5.41) is 5.18. The molecule has 1 saturated heterocycles. The number of hydrogen-bond acceptors (Lipinski definition) is 7. The van der Waals surface area contributed by atoms with Gasteiger partial charge in [-0.25, -0.2) is 0 Å². The van der Waals surface area contributed by atoms with E-state index in [0.29, 0.717) is 44.4 Å². The molecule has 182 valence electrons. The number of morpholine rings is 1. The first-order valence-corrected chi connectivity index (χ1v) is 12.6. The van der Waals surface area contributed by atoms with E-state index in [2.05, 4.69) is 47.3 Å². The first-order chi connectivity index (χ1) is 15.9. The summed E-state index contributed by atoms with van der Waals surface area (Å²) in [7, 11) is 0. The topological polar surface area (TPSA) is 63.3 Å². The van der Waals surface area contributed by atoms with E-state index in [1.165, 1.54) is 10.4 Å². The Balaban J connectivity index is 1.80. The summed E-state index contributed by atoms with van der Waals surface area (Å²) in [6.45, 7) is 15.3. The standard InChI is InChI=1S/C25H37N3O4S/c1-6-31-22-15-21(27-9-11-30-12-10-27)23(32-7-2)14-20(22)26-25(29)17-28(18(3)4)16-24-19(5)8-13-33-24/h8,13-15,18H,6-7,9-12,16-17H2,1-5H3,(H,26,29). The molecule has 0 radical (unpaired) electrons. The first-order valence-electron chi connectivity index (χ1n) is 11.8. The third-order valence-electron chi connectivity index (χ3n) is 5.68. The minimum atomic E-state index is -0.0690. The number of aryl methyl sites for hydroxylation is 1. The van der Waals surface area contributed by atoms with Gasteiger partial charge in [0.1, 0.15) is 11.5 Å². The number of anilines is 2. The lowest BCUT2D eigenvalue weighted by atomic mass is 10.2. The molecule has 3 rings (SSSR count). The highest BCUT2D eigenvalue weighted by molar-refractivity contribution is 7.10. The average Bonchev–Trinajstić information content (AvgIpc) is 3.20. The van der Waals surface area contributed by atoms with E-state index in [4.69, 9.17) is 14.2 Å². The number of rotatable bonds is 11. The molecule has 1 aromatic carbocycles. The monoisotopic (exact) mass is 475 g/mol. The quantitative estimate of drug-likeness (QED) is 0.515. The number of benzene rings is 1. The second-order valence-corrected chi connectivity index (χ2v) is 9.36. The molecule has 8 heteroatoms. The highest BCUT2D eigenvalue weighted by Gasteiger charge is 2.22. The van der Waals surface area contributed by atoms with Gasteiger partial charge in [-0.3, -0.25) is 9.69 Å². The van der Waals surface area contributed by atoms with Gasteiger partial charge in [-0.1, -0.05) is 0 Å². The normalized spacial score (nSPS) is 14.1. The summed E-state index contributed by atoms with van der Waals surface area (Å²) in [6, 6.07) is 6.23. The van der Waals surface area contributed by atoms with E-state index < -0.39 is 0 Å². The zero-order valence-electron chi connectivity index (χ0n) is 20.5. The molecule has 0 unspecified atom stereocenters. The van der Waals surface area contributed by atoms with Crippen molar-refractivity contribution in [2.75, 3.05) is 56.3 Å². The van der Waals surface area contributed by atoms with Crippen LogP contribution in [-0.4, -0.2) is 62.9 Å². The Morgan fingerprint density at radius 2 is 1.88 bits per heavy atom. The molecule has 1 aliphatic rings. The van der Waals surface area contributed by atoms with Gasteiger partial charge in [0, 0.05) is 42.7 Å². The van der Waals surface area contributed by atoms with Crippen molar-refractivity contribution in [1.82, 2.24) is 4.90 Å². The highest BCUT2D eigenvalue weighted by atomic mass is 32.1. The summed E-state index contributed by atoms with van der Waals surface area (Å²) in [6.07, 6.45) is 0. The number of amides is 1. The maximum atomic E-state index is 13.1. The first kappa shape index (κ1) is 25.3. The second kappa shape index (κ2) is 12.3. The molecule has 1 aromatic heterocycles. The third kappa shape index (κ3) is 6.85. The number of carbonyl (C=O) groups excluding carboxylic acids is 1. The predicted molar refractivity (Wildman–Crippen MR) is 135 cm³/mol. The Bertz CT molecular complexity index is 909. The molecule has 0 bridgehead atoms. The van der Waals surface area contributed by atoms with Crippen LogP contribution < -0.4 is 19.7 Å². The van der Waals surface area contributed by atoms with Crippen LogP contribution in [0.4, 0.5) is 11.4 Å². The van der Waals surface area contributed by atoms with Crippen molar-refractivity contribution in [3.05, 3.63) is 34.0 Å². The van der Waals surface area contributed by atoms with Crippen molar-refractivity contribution in [2.45, 2.75) is 47.2 Å². The molecule has 1 N–H and O–H groups in total. The summed E-state index contributed by atoms with van der Waals surface area (Å²) in [5.41, 5.74) is 2.88. The minimum absolute atomic E-state index is 0.0690. The van der Waals surface area contributed by atoms with Gasteiger partial charge in [0.15, 0.2) is 0 Å². The molecule has 2 aromatic rings. The lowest BCUT2D eigenvalue weighted by Gasteiger charge is -2.31. The largest absolute Gasteiger partial charge is 0.492 e. The zero-order chi connectivity index (χ0) is 23.8. The summed E-state index contributed by atoms with van der Waals surface area (Å²) >= 11 is 1.73. The molecular weight excluding hydrogens is 438 g/mol. The smallest absolute Gasteiger partial charge is 0.238 e. The second-order valence-electron chi connectivity index (χ2n) is 8.36. The molecule has 0 aliphatic carbocycles. The van der Waals surface area contributed by atoms with Gasteiger partial charge in [0.25, 0.3) is 0 Å². The van der Waals surface area contributed by atoms with E-state index in [0.717, 1.165) is 31.1 Å². The minimum Gasteiger partial charge on any atom is -0.492 e. The molecule has 33 heavy (non-hydrogen) atoms. The summed E-state index contributed by atoms with van der Waals surface area (Å²) < 4.78 is 17.4. The number of nitrogens with zero attached hydrogens (tertiary/aromatic N) is 2. The van der Waals surface area contributed by atoms with Gasteiger partial charge >= 0.3 is 0 Å². The van der Waals surface area contributed by atoms with Gasteiger partial charge in [-0.2, -0.15) is 0 Å². The zero-order valence-corrected chi connectivity index (χ0v) is 21.3. The van der Waals surface area contributed by atoms with Gasteiger partial charge in [0.2, 0.25) is 5.91 Å². The highest BCUT2D eigenvalue weighted by Crippen LogP contribution is 2.39. The Labute approximate surface area is 201 Å². The van der Waals surface area contributed by atoms with Crippen molar-refractivity contribution in [2.24, 2.45) is 0 Å². The van der Waals surface area contributed by atoms with Crippen molar-refractivity contribution >= 4 is 28.6 Å². The van der Waals surface area contributed by atoms with Gasteiger partial charge in [-0.15, -0.1) is 11.3 Å². The van der Waals surface area contributed by atoms with Crippen LogP contribution in [0.1, 0.15) is 38.1 Å². The Morgan fingerprint density at radius 1 is 1.18 bits per heavy atom. The molecule has 7 nitrogen and oxygen atoms in total. The lowest BCUT2D eigenvalue weighted by molar-refractivity contribution is -0.117. The van der Waals surface area contributed by atoms with Crippen LogP contribution in [0.3, 0.4) is 0 Å². The Hall–Kier alpha value is -2.29. The fourth-order valence-electron chi connectivity index (χ4n) is 3.79. The van der Waals surface area contributed by atoms with Crippen molar-refractivity contribution < 1.29 is 19.0 Å². The Kier molecular flexibility index (Phi) is 9.41. The fourth-order valence-corrected chi connectivity index (χ4v) is 4.72. The number of nitrogens with one attached hydrogen (secondary N) is 1. The van der Waals surface area contributed by atoms with E-state index in [1.54, 1.807) is 11.3 Å². The van der Waals surface area contributed by atoms with E-state index in [9.17, 15) is 4.79 Å². The molecule has 0 spiro atoms. The Morgan fingerprint density at radius 3 is 2.48 bits per heavy atom. The molecule has 1 fully saturated rings.